The summed E-state index contributed by atoms with van der Waals surface area (Å²) in [7, 11) is -3.24. The lowest BCUT2D eigenvalue weighted by Gasteiger charge is -2.37. The maximum absolute atomic E-state index is 12.0. The molecule has 0 saturated carbocycles. The predicted molar refractivity (Wildman–Crippen MR) is 105 cm³/mol. The molecule has 1 heterocycles. The van der Waals surface area contributed by atoms with E-state index in [1.807, 2.05) is 59.5 Å². The molecule has 144 valence electrons. The van der Waals surface area contributed by atoms with Crippen LogP contribution >= 0.6 is 0 Å². The minimum absolute atomic E-state index is 0.0640. The lowest BCUT2D eigenvalue weighted by Crippen LogP contribution is -2.51. The van der Waals surface area contributed by atoms with Gasteiger partial charge < -0.3 is 5.11 Å². The first kappa shape index (κ1) is 19.5. The lowest BCUT2D eigenvalue weighted by atomic mass is 9.98. The summed E-state index contributed by atoms with van der Waals surface area (Å²) in [6.45, 7) is 3.05. The van der Waals surface area contributed by atoms with Crippen molar-refractivity contribution in [2.24, 2.45) is 0 Å². The van der Waals surface area contributed by atoms with Crippen LogP contribution in [0.5, 0.6) is 0 Å². The molecule has 0 spiro atoms. The number of carboxylic acids is 1. The van der Waals surface area contributed by atoms with Crippen LogP contribution in [0.25, 0.3) is 11.1 Å². The smallest absolute Gasteiger partial charge is 0.325 e. The first-order valence-electron chi connectivity index (χ1n) is 9.02. The van der Waals surface area contributed by atoms with Crippen LogP contribution < -0.4 is 0 Å². The summed E-state index contributed by atoms with van der Waals surface area (Å²) in [6, 6.07) is 16.6. The van der Waals surface area contributed by atoms with Crippen LogP contribution in [-0.4, -0.2) is 60.6 Å². The number of aliphatic carboxylic acids is 1. The molecule has 1 saturated heterocycles. The third kappa shape index (κ3) is 4.37. The first-order valence-corrected chi connectivity index (χ1v) is 10.6. The standard InChI is InChI=1S/C20H24N2O4S/c1-2-27(25,26)22-13-11-21(12-14-22)19(20(23)24)18-10-6-9-17(15-18)16-7-4-3-5-8-16/h3-10,15,19H,2,11-14H2,1H3,(H,23,24). The van der Waals surface area contributed by atoms with Crippen LogP contribution in [0.15, 0.2) is 54.6 Å². The zero-order valence-electron chi connectivity index (χ0n) is 15.3. The van der Waals surface area contributed by atoms with Crippen LogP contribution in [0.3, 0.4) is 0 Å². The number of hydrogen-bond donors (Lipinski definition) is 1. The Morgan fingerprint density at radius 2 is 1.63 bits per heavy atom. The Hall–Kier alpha value is -2.22. The summed E-state index contributed by atoms with van der Waals surface area (Å²) in [5, 5.41) is 9.84. The Morgan fingerprint density at radius 1 is 1.00 bits per heavy atom. The molecule has 27 heavy (non-hydrogen) atoms. The Balaban J connectivity index is 1.82. The lowest BCUT2D eigenvalue weighted by molar-refractivity contribution is -0.144. The third-order valence-electron chi connectivity index (χ3n) is 4.94. The van der Waals surface area contributed by atoms with Crippen molar-refractivity contribution in [3.8, 4) is 11.1 Å². The van der Waals surface area contributed by atoms with Crippen molar-refractivity contribution >= 4 is 16.0 Å². The molecule has 1 atom stereocenters. The first-order chi connectivity index (χ1) is 12.9. The summed E-state index contributed by atoms with van der Waals surface area (Å²) < 4.78 is 25.5. The molecule has 0 aromatic heterocycles. The molecule has 0 aliphatic carbocycles. The normalized spacial score (nSPS) is 17.5. The van der Waals surface area contributed by atoms with E-state index in [-0.39, 0.29) is 5.75 Å². The Bertz CT molecular complexity index is 891. The minimum atomic E-state index is -3.24. The topological polar surface area (TPSA) is 77.9 Å². The van der Waals surface area contributed by atoms with Gasteiger partial charge in [-0.25, -0.2) is 8.42 Å². The van der Waals surface area contributed by atoms with Crippen molar-refractivity contribution in [3.63, 3.8) is 0 Å². The monoisotopic (exact) mass is 388 g/mol. The summed E-state index contributed by atoms with van der Waals surface area (Å²) in [6.07, 6.45) is 0. The zero-order chi connectivity index (χ0) is 19.4. The van der Waals surface area contributed by atoms with Crippen LogP contribution in [0, 0.1) is 0 Å². The van der Waals surface area contributed by atoms with Gasteiger partial charge in [0.25, 0.3) is 0 Å². The highest BCUT2D eigenvalue weighted by atomic mass is 32.2. The molecule has 7 heteroatoms. The summed E-state index contributed by atoms with van der Waals surface area (Å²) in [5.74, 6) is -0.860. The number of benzene rings is 2. The molecule has 2 aromatic carbocycles. The van der Waals surface area contributed by atoms with Gasteiger partial charge in [-0.3, -0.25) is 9.69 Å². The van der Waals surface area contributed by atoms with Crippen LogP contribution in [-0.2, 0) is 14.8 Å². The average molecular weight is 388 g/mol. The van der Waals surface area contributed by atoms with E-state index >= 15 is 0 Å². The van der Waals surface area contributed by atoms with E-state index in [0.29, 0.717) is 31.7 Å². The van der Waals surface area contributed by atoms with Gasteiger partial charge in [0, 0.05) is 26.2 Å². The highest BCUT2D eigenvalue weighted by molar-refractivity contribution is 7.89. The van der Waals surface area contributed by atoms with E-state index in [1.165, 1.54) is 4.31 Å². The summed E-state index contributed by atoms with van der Waals surface area (Å²) >= 11 is 0. The molecule has 1 aliphatic heterocycles. The maximum Gasteiger partial charge on any atom is 0.325 e. The minimum Gasteiger partial charge on any atom is -0.480 e. The average Bonchev–Trinajstić information content (AvgIpc) is 2.69. The van der Waals surface area contributed by atoms with E-state index in [1.54, 1.807) is 6.92 Å². The number of rotatable bonds is 6. The van der Waals surface area contributed by atoms with E-state index in [4.69, 9.17) is 0 Å². The fourth-order valence-electron chi connectivity index (χ4n) is 3.45. The number of nitrogens with zero attached hydrogens (tertiary/aromatic N) is 2. The number of carbonyl (C=O) groups is 1. The van der Waals surface area contributed by atoms with Crippen molar-refractivity contribution in [2.45, 2.75) is 13.0 Å². The maximum atomic E-state index is 12.0. The fourth-order valence-corrected chi connectivity index (χ4v) is 4.54. The van der Waals surface area contributed by atoms with E-state index in [9.17, 15) is 18.3 Å². The number of hydrogen-bond acceptors (Lipinski definition) is 4. The molecule has 1 unspecified atom stereocenters. The van der Waals surface area contributed by atoms with Crippen molar-refractivity contribution in [3.05, 3.63) is 60.2 Å². The Labute approximate surface area is 160 Å². The van der Waals surface area contributed by atoms with Gasteiger partial charge >= 0.3 is 5.97 Å². The number of piperazine rings is 1. The Kier molecular flexibility index (Phi) is 5.94. The van der Waals surface area contributed by atoms with E-state index < -0.39 is 22.0 Å². The second-order valence-electron chi connectivity index (χ2n) is 6.57. The molecule has 3 rings (SSSR count). The molecule has 1 aliphatic rings. The highest BCUT2D eigenvalue weighted by Gasteiger charge is 2.33. The molecular weight excluding hydrogens is 364 g/mol. The van der Waals surface area contributed by atoms with Crippen molar-refractivity contribution in [2.75, 3.05) is 31.9 Å². The van der Waals surface area contributed by atoms with Gasteiger partial charge in [-0.1, -0.05) is 48.5 Å². The molecule has 0 amide bonds. The molecule has 0 bridgehead atoms. The Morgan fingerprint density at radius 3 is 2.22 bits per heavy atom. The van der Waals surface area contributed by atoms with Crippen LogP contribution in [0.2, 0.25) is 0 Å². The quantitative estimate of drug-likeness (QED) is 0.822. The summed E-state index contributed by atoms with van der Waals surface area (Å²) in [4.78, 5) is 13.8. The number of carboxylic acid groups (broad SMARTS) is 1. The van der Waals surface area contributed by atoms with Gasteiger partial charge in [0.05, 0.1) is 5.75 Å². The predicted octanol–water partition coefficient (Wildman–Crippen LogP) is 2.45. The zero-order valence-corrected chi connectivity index (χ0v) is 16.1. The van der Waals surface area contributed by atoms with Gasteiger partial charge in [0.2, 0.25) is 10.0 Å². The largest absolute Gasteiger partial charge is 0.480 e. The van der Waals surface area contributed by atoms with Crippen molar-refractivity contribution < 1.29 is 18.3 Å². The molecule has 2 aromatic rings. The highest BCUT2D eigenvalue weighted by Crippen LogP contribution is 2.28. The van der Waals surface area contributed by atoms with E-state index in [2.05, 4.69) is 0 Å². The van der Waals surface area contributed by atoms with Gasteiger partial charge in [-0.2, -0.15) is 4.31 Å². The molecule has 0 radical (unpaired) electrons. The van der Waals surface area contributed by atoms with Crippen molar-refractivity contribution in [1.82, 2.24) is 9.21 Å². The van der Waals surface area contributed by atoms with Gasteiger partial charge in [0.15, 0.2) is 0 Å². The van der Waals surface area contributed by atoms with Gasteiger partial charge in [0.1, 0.15) is 6.04 Å². The second kappa shape index (κ2) is 8.21. The molecule has 1 fully saturated rings. The number of sulfonamides is 1. The molecule has 1 N–H and O–H groups in total. The summed E-state index contributed by atoms with van der Waals surface area (Å²) in [5.41, 5.74) is 2.70. The van der Waals surface area contributed by atoms with Crippen molar-refractivity contribution in [1.29, 1.82) is 0 Å². The van der Waals surface area contributed by atoms with Gasteiger partial charge in [-0.05, 0) is 29.7 Å². The van der Waals surface area contributed by atoms with Crippen LogP contribution in [0.4, 0.5) is 0 Å². The molecular formula is C20H24N2O4S. The van der Waals surface area contributed by atoms with E-state index in [0.717, 1.165) is 11.1 Å². The molecule has 6 nitrogen and oxygen atoms in total. The second-order valence-corrected chi connectivity index (χ2v) is 8.83. The van der Waals surface area contributed by atoms with Crippen LogP contribution in [0.1, 0.15) is 18.5 Å². The fraction of sp³-hybridized carbons (Fsp3) is 0.350. The third-order valence-corrected chi connectivity index (χ3v) is 6.82. The SMILES string of the molecule is CCS(=O)(=O)N1CCN(C(C(=O)O)c2cccc(-c3ccccc3)c2)CC1. The van der Waals surface area contributed by atoms with Gasteiger partial charge in [-0.15, -0.1) is 0 Å².